The summed E-state index contributed by atoms with van der Waals surface area (Å²) in [6.45, 7) is 16.9. The lowest BCUT2D eigenvalue weighted by atomic mass is 9.92. The zero-order valence-electron chi connectivity index (χ0n) is 26.7. The molecule has 0 saturated carbocycles. The first kappa shape index (κ1) is 42.9. The molecular formula is C29H67N9O2. The molecule has 9 unspecified atom stereocenters. The van der Waals surface area contributed by atoms with Crippen molar-refractivity contribution in [2.45, 2.75) is 161 Å². The SMILES string of the molecule is C=CC(=O)NC(C)CC.CCC(C)NC(C)=O.CCC(N)CC(N)CC(N)CC(N)CC(N)CC(N)CC(C)N. The Morgan fingerprint density at radius 2 is 0.925 bits per heavy atom. The molecule has 0 aliphatic carbocycles. The van der Waals surface area contributed by atoms with E-state index in [2.05, 4.69) is 24.1 Å². The fourth-order valence-electron chi connectivity index (χ4n) is 3.92. The van der Waals surface area contributed by atoms with Crippen molar-refractivity contribution in [1.82, 2.24) is 10.6 Å². The van der Waals surface area contributed by atoms with Crippen LogP contribution in [-0.4, -0.2) is 66.2 Å². The van der Waals surface area contributed by atoms with E-state index in [0.29, 0.717) is 18.9 Å². The second-order valence-corrected chi connectivity index (χ2v) is 11.4. The molecule has 0 aromatic rings. The van der Waals surface area contributed by atoms with E-state index in [-0.39, 0.29) is 60.1 Å². The van der Waals surface area contributed by atoms with Crippen LogP contribution in [0.1, 0.15) is 106 Å². The summed E-state index contributed by atoms with van der Waals surface area (Å²) in [7, 11) is 0. The molecule has 0 aromatic heterocycles. The van der Waals surface area contributed by atoms with Gasteiger partial charge in [0.25, 0.3) is 0 Å². The first-order valence-electron chi connectivity index (χ1n) is 15.0. The summed E-state index contributed by atoms with van der Waals surface area (Å²) < 4.78 is 0. The van der Waals surface area contributed by atoms with Crippen molar-refractivity contribution >= 4 is 11.8 Å². The highest BCUT2D eigenvalue weighted by Gasteiger charge is 2.18. The average molecular weight is 574 g/mol. The lowest BCUT2D eigenvalue weighted by molar-refractivity contribution is -0.119. The second-order valence-electron chi connectivity index (χ2n) is 11.4. The van der Waals surface area contributed by atoms with Gasteiger partial charge in [-0.1, -0.05) is 27.4 Å². The van der Waals surface area contributed by atoms with Gasteiger partial charge in [0.2, 0.25) is 11.8 Å². The zero-order chi connectivity index (χ0) is 31.8. The van der Waals surface area contributed by atoms with Gasteiger partial charge in [0.05, 0.1) is 0 Å². The summed E-state index contributed by atoms with van der Waals surface area (Å²) in [6, 6.07) is 0.802. The molecule has 9 atom stereocenters. The first-order chi connectivity index (χ1) is 18.5. The van der Waals surface area contributed by atoms with Crippen molar-refractivity contribution in [3.8, 4) is 0 Å². The second kappa shape index (κ2) is 26.3. The van der Waals surface area contributed by atoms with E-state index < -0.39 is 0 Å². The number of hydrogen-bond donors (Lipinski definition) is 9. The number of nitrogens with one attached hydrogen (secondary N) is 2. The molecule has 11 nitrogen and oxygen atoms in total. The van der Waals surface area contributed by atoms with Crippen LogP contribution in [0, 0.1) is 0 Å². The predicted molar refractivity (Wildman–Crippen MR) is 171 cm³/mol. The van der Waals surface area contributed by atoms with Gasteiger partial charge < -0.3 is 50.8 Å². The highest BCUT2D eigenvalue weighted by atomic mass is 16.2. The fraction of sp³-hybridized carbons (Fsp3) is 0.862. The summed E-state index contributed by atoms with van der Waals surface area (Å²) in [5, 5.41) is 5.48. The predicted octanol–water partition coefficient (Wildman–Crippen LogP) is 1.06. The lowest BCUT2D eigenvalue weighted by Gasteiger charge is -2.25. The monoisotopic (exact) mass is 574 g/mol. The van der Waals surface area contributed by atoms with Crippen LogP contribution in [0.2, 0.25) is 0 Å². The molecule has 0 aromatic carbocycles. The van der Waals surface area contributed by atoms with Crippen molar-refractivity contribution < 1.29 is 9.59 Å². The minimum Gasteiger partial charge on any atom is -0.354 e. The van der Waals surface area contributed by atoms with Crippen molar-refractivity contribution in [3.63, 3.8) is 0 Å². The summed E-state index contributed by atoms with van der Waals surface area (Å²) in [4.78, 5) is 20.9. The largest absolute Gasteiger partial charge is 0.354 e. The number of carbonyl (C=O) groups excluding carboxylic acids is 2. The zero-order valence-corrected chi connectivity index (χ0v) is 26.7. The van der Waals surface area contributed by atoms with Crippen molar-refractivity contribution in [3.05, 3.63) is 12.7 Å². The average Bonchev–Trinajstić information content (AvgIpc) is 2.82. The minimum atomic E-state index is -0.0932. The topological polar surface area (TPSA) is 240 Å². The summed E-state index contributed by atoms with van der Waals surface area (Å²) in [5.74, 6) is -0.0382. The number of nitrogens with two attached hydrogens (primary N) is 7. The molecule has 40 heavy (non-hydrogen) atoms. The standard InChI is InChI=1S/C16H41N7.C7H13NO.C6H13NO/c1-3-11(18)5-13(20)7-15(22)9-16(23)8-14(21)6-12(19)4-10(2)17;1-4-6(3)8-7(9)5-2;1-4-5(2)7-6(3)8/h10-16H,3-9,17-23H2,1-2H3;5-6H,2,4H2,1,3H3,(H,8,9);5H,4H2,1-3H3,(H,7,8). The van der Waals surface area contributed by atoms with Crippen LogP contribution in [0.15, 0.2) is 12.7 Å². The Morgan fingerprint density at radius 3 is 1.18 bits per heavy atom. The number of carbonyl (C=O) groups is 2. The highest BCUT2D eigenvalue weighted by molar-refractivity contribution is 5.87. The maximum absolute atomic E-state index is 10.6. The Hall–Kier alpha value is -1.60. The summed E-state index contributed by atoms with van der Waals surface area (Å²) >= 11 is 0. The van der Waals surface area contributed by atoms with Crippen LogP contribution in [0.4, 0.5) is 0 Å². The van der Waals surface area contributed by atoms with E-state index >= 15 is 0 Å². The molecule has 240 valence electrons. The Morgan fingerprint density at radius 1 is 0.600 bits per heavy atom. The summed E-state index contributed by atoms with van der Waals surface area (Å²) in [6.07, 6.45) is 8.63. The Balaban J connectivity index is -0.000000655. The van der Waals surface area contributed by atoms with E-state index in [1.165, 1.54) is 13.0 Å². The van der Waals surface area contributed by atoms with Crippen LogP contribution < -0.4 is 50.8 Å². The van der Waals surface area contributed by atoms with E-state index in [4.69, 9.17) is 40.1 Å². The molecule has 0 heterocycles. The first-order valence-corrected chi connectivity index (χ1v) is 15.0. The van der Waals surface area contributed by atoms with Crippen molar-refractivity contribution in [2.75, 3.05) is 0 Å². The van der Waals surface area contributed by atoms with Gasteiger partial charge in [-0.2, -0.15) is 0 Å². The molecule has 2 amide bonds. The quantitative estimate of drug-likeness (QED) is 0.106. The van der Waals surface area contributed by atoms with Crippen LogP contribution >= 0.6 is 0 Å². The van der Waals surface area contributed by atoms with Crippen LogP contribution in [0.3, 0.4) is 0 Å². The van der Waals surface area contributed by atoms with Crippen molar-refractivity contribution in [1.29, 1.82) is 0 Å². The normalized spacial score (nSPS) is 17.6. The van der Waals surface area contributed by atoms with Crippen LogP contribution in [0.5, 0.6) is 0 Å². The number of rotatable bonds is 18. The molecular weight excluding hydrogens is 506 g/mol. The summed E-state index contributed by atoms with van der Waals surface area (Å²) in [5.41, 5.74) is 42.2. The Bertz CT molecular complexity index is 637. The molecule has 0 fully saturated rings. The lowest BCUT2D eigenvalue weighted by Crippen LogP contribution is -2.42. The third-order valence-corrected chi connectivity index (χ3v) is 6.47. The van der Waals surface area contributed by atoms with Crippen LogP contribution in [-0.2, 0) is 9.59 Å². The molecule has 0 radical (unpaired) electrons. The minimum absolute atomic E-state index is 0.0195. The van der Waals surface area contributed by atoms with Gasteiger partial charge in [0.1, 0.15) is 0 Å². The molecule has 16 N–H and O–H groups in total. The third-order valence-electron chi connectivity index (χ3n) is 6.47. The highest BCUT2D eigenvalue weighted by Crippen LogP contribution is 2.11. The molecule has 0 rings (SSSR count). The van der Waals surface area contributed by atoms with E-state index in [9.17, 15) is 9.59 Å². The molecule has 11 heteroatoms. The Labute approximate surface area is 245 Å². The molecule has 0 spiro atoms. The van der Waals surface area contributed by atoms with Gasteiger partial charge in [0.15, 0.2) is 0 Å². The Kier molecular flexibility index (Phi) is 28.2. The van der Waals surface area contributed by atoms with Gasteiger partial charge in [-0.25, -0.2) is 0 Å². The van der Waals surface area contributed by atoms with Gasteiger partial charge in [-0.3, -0.25) is 9.59 Å². The number of hydrogen-bond acceptors (Lipinski definition) is 9. The van der Waals surface area contributed by atoms with Crippen LogP contribution in [0.25, 0.3) is 0 Å². The maximum Gasteiger partial charge on any atom is 0.243 e. The van der Waals surface area contributed by atoms with Gasteiger partial charge >= 0.3 is 0 Å². The molecule has 0 aliphatic heterocycles. The van der Waals surface area contributed by atoms with E-state index in [1.807, 2.05) is 34.6 Å². The number of amides is 2. The maximum atomic E-state index is 10.6. The molecule has 0 bridgehead atoms. The van der Waals surface area contributed by atoms with Crippen molar-refractivity contribution in [2.24, 2.45) is 40.1 Å². The smallest absolute Gasteiger partial charge is 0.243 e. The van der Waals surface area contributed by atoms with Gasteiger partial charge in [-0.15, -0.1) is 0 Å². The third kappa shape index (κ3) is 30.9. The van der Waals surface area contributed by atoms with E-state index in [0.717, 1.165) is 44.9 Å². The van der Waals surface area contributed by atoms with E-state index in [1.54, 1.807) is 0 Å². The van der Waals surface area contributed by atoms with Gasteiger partial charge in [-0.05, 0) is 84.6 Å². The fourth-order valence-corrected chi connectivity index (χ4v) is 3.92. The van der Waals surface area contributed by atoms with Gasteiger partial charge in [0, 0.05) is 61.3 Å². The molecule has 0 saturated heterocycles. The molecule has 0 aliphatic rings.